The van der Waals surface area contributed by atoms with Crippen molar-refractivity contribution in [3.8, 4) is 0 Å². The third kappa shape index (κ3) is 3.82. The van der Waals surface area contributed by atoms with Crippen LogP contribution in [0.3, 0.4) is 0 Å². The van der Waals surface area contributed by atoms with Crippen LogP contribution in [0.5, 0.6) is 0 Å². The number of methoxy groups -OCH3 is 1. The molecule has 20 heavy (non-hydrogen) atoms. The molecule has 0 aliphatic heterocycles. The van der Waals surface area contributed by atoms with Crippen LogP contribution >= 0.6 is 27.5 Å². The first-order valence-corrected chi connectivity index (χ1v) is 7.11. The number of hydrogen-bond acceptors (Lipinski definition) is 2. The summed E-state index contributed by atoms with van der Waals surface area (Å²) in [7, 11) is 1.63. The van der Waals surface area contributed by atoms with Gasteiger partial charge in [0.2, 0.25) is 0 Å². The second-order valence-corrected chi connectivity index (χ2v) is 5.53. The number of hydrogen-bond donors (Lipinski definition) is 1. The summed E-state index contributed by atoms with van der Waals surface area (Å²) in [4.78, 5) is 12.2. The van der Waals surface area contributed by atoms with Gasteiger partial charge < -0.3 is 10.1 Å². The van der Waals surface area contributed by atoms with Crippen LogP contribution in [0.15, 0.2) is 46.9 Å². The van der Waals surface area contributed by atoms with Crippen LogP contribution < -0.4 is 5.32 Å². The smallest absolute Gasteiger partial charge is 0.257 e. The monoisotopic (exact) mass is 353 g/mol. The van der Waals surface area contributed by atoms with Crippen molar-refractivity contribution in [2.45, 2.75) is 6.61 Å². The molecule has 0 aliphatic carbocycles. The average molecular weight is 355 g/mol. The van der Waals surface area contributed by atoms with Crippen molar-refractivity contribution in [3.63, 3.8) is 0 Å². The minimum Gasteiger partial charge on any atom is -0.380 e. The molecule has 0 atom stereocenters. The molecule has 0 unspecified atom stereocenters. The van der Waals surface area contributed by atoms with E-state index in [1.807, 2.05) is 24.3 Å². The number of nitrogens with one attached hydrogen (secondary N) is 1. The Morgan fingerprint density at radius 1 is 1.30 bits per heavy atom. The average Bonchev–Trinajstić information content (AvgIpc) is 2.42. The molecule has 1 N–H and O–H groups in total. The molecule has 0 saturated heterocycles. The number of halogens is 2. The van der Waals surface area contributed by atoms with Crippen LogP contribution in [-0.2, 0) is 11.3 Å². The van der Waals surface area contributed by atoms with Gasteiger partial charge in [0.25, 0.3) is 5.91 Å². The Kier molecular flexibility index (Phi) is 5.17. The summed E-state index contributed by atoms with van der Waals surface area (Å²) in [5.41, 5.74) is 2.13. The Morgan fingerprint density at radius 2 is 2.10 bits per heavy atom. The van der Waals surface area contributed by atoms with Crippen molar-refractivity contribution in [1.29, 1.82) is 0 Å². The fraction of sp³-hybridized carbons (Fsp3) is 0.133. The summed E-state index contributed by atoms with van der Waals surface area (Å²) in [6, 6.07) is 12.7. The molecule has 5 heteroatoms. The van der Waals surface area contributed by atoms with Crippen LogP contribution in [-0.4, -0.2) is 13.0 Å². The number of benzene rings is 2. The number of rotatable bonds is 4. The summed E-state index contributed by atoms with van der Waals surface area (Å²) in [5, 5.41) is 3.24. The van der Waals surface area contributed by atoms with E-state index in [9.17, 15) is 4.79 Å². The molecule has 0 radical (unpaired) electrons. The van der Waals surface area contributed by atoms with Crippen molar-refractivity contribution in [3.05, 3.63) is 63.1 Å². The molecule has 0 aliphatic rings. The SMILES string of the molecule is COCc1cccc(NC(=O)c2cc(Br)ccc2Cl)c1. The highest BCUT2D eigenvalue weighted by atomic mass is 79.9. The van der Waals surface area contributed by atoms with E-state index < -0.39 is 0 Å². The molecule has 2 aromatic rings. The molecule has 3 nitrogen and oxygen atoms in total. The van der Waals surface area contributed by atoms with Gasteiger partial charge in [0, 0.05) is 17.3 Å². The summed E-state index contributed by atoms with van der Waals surface area (Å²) < 4.78 is 5.87. The van der Waals surface area contributed by atoms with E-state index in [0.717, 1.165) is 10.0 Å². The van der Waals surface area contributed by atoms with Crippen molar-refractivity contribution in [1.82, 2.24) is 0 Å². The van der Waals surface area contributed by atoms with Gasteiger partial charge in [-0.15, -0.1) is 0 Å². The summed E-state index contributed by atoms with van der Waals surface area (Å²) in [6.45, 7) is 0.501. The van der Waals surface area contributed by atoms with Crippen LogP contribution in [0.2, 0.25) is 5.02 Å². The normalized spacial score (nSPS) is 10.3. The van der Waals surface area contributed by atoms with Crippen LogP contribution in [0.4, 0.5) is 5.69 Å². The summed E-state index contributed by atoms with van der Waals surface area (Å²) in [5.74, 6) is -0.245. The number of amides is 1. The van der Waals surface area contributed by atoms with E-state index in [0.29, 0.717) is 22.9 Å². The van der Waals surface area contributed by atoms with Gasteiger partial charge in [-0.3, -0.25) is 4.79 Å². The number of ether oxygens (including phenoxy) is 1. The summed E-state index contributed by atoms with van der Waals surface area (Å²) in [6.07, 6.45) is 0. The third-order valence-electron chi connectivity index (χ3n) is 2.67. The maximum atomic E-state index is 12.2. The fourth-order valence-electron chi connectivity index (χ4n) is 1.78. The van der Waals surface area contributed by atoms with E-state index in [4.69, 9.17) is 16.3 Å². The quantitative estimate of drug-likeness (QED) is 0.878. The predicted molar refractivity (Wildman–Crippen MR) is 84.3 cm³/mol. The molecule has 0 spiro atoms. The lowest BCUT2D eigenvalue weighted by Crippen LogP contribution is -2.12. The van der Waals surface area contributed by atoms with Gasteiger partial charge >= 0.3 is 0 Å². The zero-order chi connectivity index (χ0) is 14.5. The standard InChI is InChI=1S/C15H13BrClNO2/c1-20-9-10-3-2-4-12(7-10)18-15(19)13-8-11(16)5-6-14(13)17/h2-8H,9H2,1H3,(H,18,19). The zero-order valence-corrected chi connectivity index (χ0v) is 13.2. The maximum absolute atomic E-state index is 12.2. The van der Waals surface area contributed by atoms with Gasteiger partial charge in [0.15, 0.2) is 0 Å². The highest BCUT2D eigenvalue weighted by molar-refractivity contribution is 9.10. The lowest BCUT2D eigenvalue weighted by Gasteiger charge is -2.08. The van der Waals surface area contributed by atoms with Crippen molar-refractivity contribution < 1.29 is 9.53 Å². The first kappa shape index (κ1) is 15.0. The van der Waals surface area contributed by atoms with E-state index >= 15 is 0 Å². The zero-order valence-electron chi connectivity index (χ0n) is 10.8. The molecule has 0 aromatic heterocycles. The Labute approximate surface area is 131 Å². The molecule has 1 amide bonds. The van der Waals surface area contributed by atoms with Crippen molar-refractivity contribution in [2.75, 3.05) is 12.4 Å². The molecule has 0 bridgehead atoms. The van der Waals surface area contributed by atoms with Gasteiger partial charge in [-0.2, -0.15) is 0 Å². The number of carbonyl (C=O) groups excluding carboxylic acids is 1. The van der Waals surface area contributed by atoms with Crippen molar-refractivity contribution >= 4 is 39.1 Å². The molecule has 0 saturated carbocycles. The molecular formula is C15H13BrClNO2. The molecule has 0 heterocycles. The maximum Gasteiger partial charge on any atom is 0.257 e. The van der Waals surface area contributed by atoms with E-state index in [1.165, 1.54) is 0 Å². The van der Waals surface area contributed by atoms with Gasteiger partial charge in [0.05, 0.1) is 17.2 Å². The predicted octanol–water partition coefficient (Wildman–Crippen LogP) is 4.50. The summed E-state index contributed by atoms with van der Waals surface area (Å²) >= 11 is 9.36. The number of carbonyl (C=O) groups is 1. The first-order chi connectivity index (χ1) is 9.60. The second kappa shape index (κ2) is 6.88. The minimum absolute atomic E-state index is 0.245. The molecule has 0 fully saturated rings. The topological polar surface area (TPSA) is 38.3 Å². The van der Waals surface area contributed by atoms with E-state index in [-0.39, 0.29) is 5.91 Å². The highest BCUT2D eigenvalue weighted by Gasteiger charge is 2.11. The van der Waals surface area contributed by atoms with E-state index in [1.54, 1.807) is 25.3 Å². The van der Waals surface area contributed by atoms with Gasteiger partial charge in [-0.1, -0.05) is 39.7 Å². The lowest BCUT2D eigenvalue weighted by molar-refractivity contribution is 0.102. The Bertz CT molecular complexity index is 631. The largest absolute Gasteiger partial charge is 0.380 e. The first-order valence-electron chi connectivity index (χ1n) is 5.94. The lowest BCUT2D eigenvalue weighted by atomic mass is 10.2. The molecular weight excluding hydrogens is 342 g/mol. The molecule has 2 rings (SSSR count). The van der Waals surface area contributed by atoms with Gasteiger partial charge in [-0.25, -0.2) is 0 Å². The third-order valence-corrected chi connectivity index (χ3v) is 3.49. The molecule has 2 aromatic carbocycles. The van der Waals surface area contributed by atoms with Crippen LogP contribution in [0.1, 0.15) is 15.9 Å². The number of anilines is 1. The van der Waals surface area contributed by atoms with Gasteiger partial charge in [-0.05, 0) is 35.9 Å². The van der Waals surface area contributed by atoms with Gasteiger partial charge in [0.1, 0.15) is 0 Å². The van der Waals surface area contributed by atoms with Crippen molar-refractivity contribution in [2.24, 2.45) is 0 Å². The Hall–Kier alpha value is -1.36. The Morgan fingerprint density at radius 3 is 2.85 bits per heavy atom. The molecule has 104 valence electrons. The highest BCUT2D eigenvalue weighted by Crippen LogP contribution is 2.22. The van der Waals surface area contributed by atoms with E-state index in [2.05, 4.69) is 21.2 Å². The fourth-order valence-corrected chi connectivity index (χ4v) is 2.34. The Balaban J connectivity index is 2.19. The van der Waals surface area contributed by atoms with Crippen LogP contribution in [0.25, 0.3) is 0 Å². The van der Waals surface area contributed by atoms with Crippen LogP contribution in [0, 0.1) is 0 Å². The second-order valence-electron chi connectivity index (χ2n) is 4.21. The minimum atomic E-state index is -0.245.